The molecule has 0 aliphatic heterocycles. The summed E-state index contributed by atoms with van der Waals surface area (Å²) in [6.45, 7) is 6.95. The van der Waals surface area contributed by atoms with Crippen molar-refractivity contribution < 1.29 is 19.1 Å². The number of carbonyl (C=O) groups is 3. The second-order valence-electron chi connectivity index (χ2n) is 7.84. The SMILES string of the molecule is CC(=O)c1ccc(C(=O)Cc2ccc3[nH]c(C(=O)OC(C)(C)C)cc3c2)cc1. The van der Waals surface area contributed by atoms with Crippen molar-refractivity contribution in [3.8, 4) is 0 Å². The van der Waals surface area contributed by atoms with Crippen LogP contribution in [0.25, 0.3) is 10.9 Å². The van der Waals surface area contributed by atoms with E-state index in [-0.39, 0.29) is 18.0 Å². The Morgan fingerprint density at radius 2 is 1.57 bits per heavy atom. The summed E-state index contributed by atoms with van der Waals surface area (Å²) in [7, 11) is 0. The first-order chi connectivity index (χ1) is 13.1. The Labute approximate surface area is 163 Å². The normalized spacial score (nSPS) is 11.4. The number of ketones is 2. The van der Waals surface area contributed by atoms with E-state index in [2.05, 4.69) is 4.98 Å². The summed E-state index contributed by atoms with van der Waals surface area (Å²) in [5.41, 5.74) is 2.62. The number of hydrogen-bond acceptors (Lipinski definition) is 4. The Balaban J connectivity index is 1.77. The summed E-state index contributed by atoms with van der Waals surface area (Å²) in [5, 5.41) is 0.845. The van der Waals surface area contributed by atoms with Gasteiger partial charge >= 0.3 is 5.97 Å². The number of fused-ring (bicyclic) bond motifs is 1. The smallest absolute Gasteiger partial charge is 0.355 e. The lowest BCUT2D eigenvalue weighted by Gasteiger charge is -2.18. The summed E-state index contributed by atoms with van der Waals surface area (Å²) in [5.74, 6) is -0.470. The molecule has 0 saturated carbocycles. The number of H-pyrrole nitrogens is 1. The Morgan fingerprint density at radius 3 is 2.18 bits per heavy atom. The van der Waals surface area contributed by atoms with E-state index in [1.165, 1.54) is 6.92 Å². The van der Waals surface area contributed by atoms with Crippen molar-refractivity contribution in [1.29, 1.82) is 0 Å². The highest BCUT2D eigenvalue weighted by atomic mass is 16.6. The zero-order valence-electron chi connectivity index (χ0n) is 16.5. The number of rotatable bonds is 5. The van der Waals surface area contributed by atoms with E-state index < -0.39 is 11.6 Å². The molecule has 0 spiro atoms. The zero-order valence-corrected chi connectivity index (χ0v) is 16.5. The van der Waals surface area contributed by atoms with Gasteiger partial charge in [0, 0.05) is 28.5 Å². The number of ether oxygens (including phenoxy) is 1. The molecule has 0 atom stereocenters. The number of esters is 1. The van der Waals surface area contributed by atoms with Gasteiger partial charge in [-0.2, -0.15) is 0 Å². The summed E-state index contributed by atoms with van der Waals surface area (Å²) in [6.07, 6.45) is 0.238. The largest absolute Gasteiger partial charge is 0.455 e. The molecule has 0 aliphatic carbocycles. The Hall–Kier alpha value is -3.21. The van der Waals surface area contributed by atoms with Crippen LogP contribution in [-0.2, 0) is 11.2 Å². The molecule has 144 valence electrons. The zero-order chi connectivity index (χ0) is 20.5. The van der Waals surface area contributed by atoms with Crippen molar-refractivity contribution in [2.75, 3.05) is 0 Å². The van der Waals surface area contributed by atoms with Gasteiger partial charge in [0.1, 0.15) is 11.3 Å². The first-order valence-corrected chi connectivity index (χ1v) is 9.11. The van der Waals surface area contributed by atoms with Crippen LogP contribution >= 0.6 is 0 Å². The Morgan fingerprint density at radius 1 is 0.929 bits per heavy atom. The van der Waals surface area contributed by atoms with Gasteiger partial charge in [0.15, 0.2) is 11.6 Å². The van der Waals surface area contributed by atoms with Crippen molar-refractivity contribution in [2.24, 2.45) is 0 Å². The van der Waals surface area contributed by atoms with Crippen molar-refractivity contribution in [3.63, 3.8) is 0 Å². The topological polar surface area (TPSA) is 76.2 Å². The van der Waals surface area contributed by atoms with Gasteiger partial charge in [-0.3, -0.25) is 9.59 Å². The summed E-state index contributed by atoms with van der Waals surface area (Å²) < 4.78 is 5.38. The van der Waals surface area contributed by atoms with Gasteiger partial charge in [-0.1, -0.05) is 30.3 Å². The molecule has 0 aliphatic rings. The predicted molar refractivity (Wildman–Crippen MR) is 108 cm³/mol. The van der Waals surface area contributed by atoms with Crippen LogP contribution in [0.15, 0.2) is 48.5 Å². The molecule has 3 aromatic rings. The number of aromatic nitrogens is 1. The first-order valence-electron chi connectivity index (χ1n) is 9.11. The van der Waals surface area contributed by atoms with E-state index in [4.69, 9.17) is 4.74 Å². The molecule has 0 radical (unpaired) electrons. The fraction of sp³-hybridized carbons (Fsp3) is 0.261. The maximum Gasteiger partial charge on any atom is 0.355 e. The van der Waals surface area contributed by atoms with Gasteiger partial charge in [0.25, 0.3) is 0 Å². The van der Waals surface area contributed by atoms with E-state index in [9.17, 15) is 14.4 Å². The third-order valence-corrected chi connectivity index (χ3v) is 4.28. The van der Waals surface area contributed by atoms with Crippen molar-refractivity contribution in [1.82, 2.24) is 4.98 Å². The lowest BCUT2D eigenvalue weighted by Crippen LogP contribution is -2.24. The molecular weight excluding hydrogens is 354 g/mol. The minimum Gasteiger partial charge on any atom is -0.455 e. The van der Waals surface area contributed by atoms with Crippen LogP contribution in [0.2, 0.25) is 0 Å². The van der Waals surface area contributed by atoms with Gasteiger partial charge in [-0.25, -0.2) is 4.79 Å². The monoisotopic (exact) mass is 377 g/mol. The highest BCUT2D eigenvalue weighted by Crippen LogP contribution is 2.21. The molecular formula is C23H23NO4. The fourth-order valence-corrected chi connectivity index (χ4v) is 2.91. The first kappa shape index (κ1) is 19.5. The maximum absolute atomic E-state index is 12.5. The number of aromatic amines is 1. The second kappa shape index (κ2) is 7.43. The molecule has 1 aromatic heterocycles. The molecule has 0 bridgehead atoms. The van der Waals surface area contributed by atoms with E-state index in [0.717, 1.165) is 16.5 Å². The summed E-state index contributed by atoms with van der Waals surface area (Å²) >= 11 is 0. The van der Waals surface area contributed by atoms with E-state index in [1.807, 2.05) is 39.0 Å². The molecule has 2 aromatic carbocycles. The Kier molecular flexibility index (Phi) is 5.18. The average molecular weight is 377 g/mol. The minimum absolute atomic E-state index is 0.0299. The van der Waals surface area contributed by atoms with Gasteiger partial charge in [0.2, 0.25) is 0 Å². The maximum atomic E-state index is 12.5. The van der Waals surface area contributed by atoms with Crippen molar-refractivity contribution >= 4 is 28.4 Å². The number of hydrogen-bond donors (Lipinski definition) is 1. The number of carbonyl (C=O) groups excluding carboxylic acids is 3. The molecule has 5 heteroatoms. The average Bonchev–Trinajstić information content (AvgIpc) is 3.04. The van der Waals surface area contributed by atoms with Crippen LogP contribution in [0.3, 0.4) is 0 Å². The summed E-state index contributed by atoms with van der Waals surface area (Å²) in [4.78, 5) is 39.2. The van der Waals surface area contributed by atoms with E-state index >= 15 is 0 Å². The minimum atomic E-state index is -0.566. The quantitative estimate of drug-likeness (QED) is 0.514. The molecule has 1 heterocycles. The van der Waals surface area contributed by atoms with E-state index in [0.29, 0.717) is 16.8 Å². The van der Waals surface area contributed by atoms with Gasteiger partial charge in [-0.15, -0.1) is 0 Å². The van der Waals surface area contributed by atoms with Gasteiger partial charge in [0.05, 0.1) is 0 Å². The van der Waals surface area contributed by atoms with Crippen LogP contribution in [0.5, 0.6) is 0 Å². The van der Waals surface area contributed by atoms with E-state index in [1.54, 1.807) is 30.3 Å². The molecule has 5 nitrogen and oxygen atoms in total. The Bertz CT molecular complexity index is 1050. The fourth-order valence-electron chi connectivity index (χ4n) is 2.91. The lowest BCUT2D eigenvalue weighted by atomic mass is 10.0. The van der Waals surface area contributed by atoms with Crippen molar-refractivity contribution in [2.45, 2.75) is 39.7 Å². The van der Waals surface area contributed by atoms with Crippen LogP contribution in [0, 0.1) is 0 Å². The highest BCUT2D eigenvalue weighted by molar-refractivity contribution is 6.00. The van der Waals surface area contributed by atoms with Crippen LogP contribution in [-0.4, -0.2) is 28.1 Å². The van der Waals surface area contributed by atoms with Crippen LogP contribution in [0.1, 0.15) is 64.5 Å². The molecule has 0 unspecified atom stereocenters. The van der Waals surface area contributed by atoms with Crippen LogP contribution < -0.4 is 0 Å². The molecule has 0 amide bonds. The molecule has 1 N–H and O–H groups in total. The molecule has 28 heavy (non-hydrogen) atoms. The van der Waals surface area contributed by atoms with Crippen molar-refractivity contribution in [3.05, 3.63) is 70.9 Å². The summed E-state index contributed by atoms with van der Waals surface area (Å²) in [6, 6.07) is 14.0. The van der Waals surface area contributed by atoms with Gasteiger partial charge in [-0.05, 0) is 51.5 Å². The number of Topliss-reactive ketones (excluding diaryl/α,β-unsaturated/α-hetero) is 2. The third kappa shape index (κ3) is 4.55. The number of benzene rings is 2. The molecule has 0 saturated heterocycles. The third-order valence-electron chi connectivity index (χ3n) is 4.28. The number of nitrogens with one attached hydrogen (secondary N) is 1. The second-order valence-corrected chi connectivity index (χ2v) is 7.84. The lowest BCUT2D eigenvalue weighted by molar-refractivity contribution is 0.00637. The molecule has 3 rings (SSSR count). The van der Waals surface area contributed by atoms with Gasteiger partial charge < -0.3 is 9.72 Å². The standard InChI is InChI=1S/C23H23NO4/c1-14(25)16-6-8-17(9-7-16)21(26)12-15-5-10-19-18(11-15)13-20(24-19)22(27)28-23(2,3)4/h5-11,13,24H,12H2,1-4H3. The predicted octanol–water partition coefficient (Wildman–Crippen LogP) is 4.75. The van der Waals surface area contributed by atoms with Crippen LogP contribution in [0.4, 0.5) is 0 Å². The molecule has 0 fully saturated rings. The highest BCUT2D eigenvalue weighted by Gasteiger charge is 2.19.